The molecular weight excluding hydrogens is 218 g/mol. The number of nitrogens with one attached hydrogen (secondary N) is 1. The molecule has 1 aliphatic carbocycles. The third-order valence-corrected chi connectivity index (χ3v) is 3.76. The van der Waals surface area contributed by atoms with Gasteiger partial charge in [-0.1, -0.05) is 36.9 Å². The van der Waals surface area contributed by atoms with Gasteiger partial charge in [-0.3, -0.25) is 0 Å². The van der Waals surface area contributed by atoms with E-state index in [9.17, 15) is 0 Å². The molecule has 1 aliphatic rings. The molecule has 0 amide bonds. The number of benzene rings is 1. The summed E-state index contributed by atoms with van der Waals surface area (Å²) >= 11 is 6.16. The highest BCUT2D eigenvalue weighted by atomic mass is 35.5. The zero-order valence-electron chi connectivity index (χ0n) is 10.1. The lowest BCUT2D eigenvalue weighted by molar-refractivity contribution is 0.286. The first-order valence-electron chi connectivity index (χ1n) is 6.18. The topological polar surface area (TPSA) is 12.0 Å². The van der Waals surface area contributed by atoms with E-state index in [2.05, 4.69) is 25.2 Å². The Kier molecular flexibility index (Phi) is 3.75. The molecule has 0 saturated heterocycles. The van der Waals surface area contributed by atoms with Gasteiger partial charge in [0.25, 0.3) is 0 Å². The molecular formula is C14H20ClN. The van der Waals surface area contributed by atoms with Crippen LogP contribution in [0.3, 0.4) is 0 Å². The molecule has 0 heterocycles. The van der Waals surface area contributed by atoms with Gasteiger partial charge in [0.15, 0.2) is 0 Å². The van der Waals surface area contributed by atoms with Crippen molar-refractivity contribution in [2.45, 2.75) is 45.6 Å². The van der Waals surface area contributed by atoms with Crippen LogP contribution in [0.4, 0.5) is 5.69 Å². The van der Waals surface area contributed by atoms with Crippen molar-refractivity contribution in [2.24, 2.45) is 5.92 Å². The van der Waals surface area contributed by atoms with Crippen LogP contribution in [0.5, 0.6) is 0 Å². The highest BCUT2D eigenvalue weighted by Crippen LogP contribution is 2.32. The monoisotopic (exact) mass is 237 g/mol. The van der Waals surface area contributed by atoms with Gasteiger partial charge in [0.05, 0.1) is 10.7 Å². The number of hydrogen-bond donors (Lipinski definition) is 1. The Bertz CT molecular complexity index is 358. The van der Waals surface area contributed by atoms with E-state index in [0.29, 0.717) is 6.04 Å². The minimum absolute atomic E-state index is 0.518. The van der Waals surface area contributed by atoms with Crippen LogP contribution >= 0.6 is 11.6 Å². The fourth-order valence-corrected chi connectivity index (χ4v) is 2.47. The third-order valence-electron chi connectivity index (χ3n) is 3.44. The first kappa shape index (κ1) is 11.8. The van der Waals surface area contributed by atoms with Gasteiger partial charge in [0, 0.05) is 6.04 Å². The Morgan fingerprint density at radius 1 is 1.44 bits per heavy atom. The van der Waals surface area contributed by atoms with Crippen molar-refractivity contribution in [1.29, 1.82) is 0 Å². The summed E-state index contributed by atoms with van der Waals surface area (Å²) in [5, 5.41) is 4.34. The molecule has 2 heteroatoms. The molecule has 1 unspecified atom stereocenters. The second kappa shape index (κ2) is 5.09. The van der Waals surface area contributed by atoms with E-state index >= 15 is 0 Å². The van der Waals surface area contributed by atoms with Crippen LogP contribution in [0.1, 0.15) is 38.2 Å². The van der Waals surface area contributed by atoms with Gasteiger partial charge in [-0.2, -0.15) is 0 Å². The number of halogens is 1. The minimum Gasteiger partial charge on any atom is -0.381 e. The molecule has 1 fully saturated rings. The molecule has 0 aromatic heterocycles. The number of rotatable bonds is 4. The first-order valence-corrected chi connectivity index (χ1v) is 6.55. The third kappa shape index (κ3) is 2.91. The summed E-state index contributed by atoms with van der Waals surface area (Å²) in [5.74, 6) is 0.936. The summed E-state index contributed by atoms with van der Waals surface area (Å²) in [6.45, 7) is 4.34. The van der Waals surface area contributed by atoms with Gasteiger partial charge in [0.1, 0.15) is 0 Å². The maximum atomic E-state index is 6.16. The maximum Gasteiger partial charge on any atom is 0.0637 e. The maximum absolute atomic E-state index is 6.16. The van der Waals surface area contributed by atoms with E-state index in [-0.39, 0.29) is 0 Å². The summed E-state index contributed by atoms with van der Waals surface area (Å²) in [7, 11) is 0. The lowest BCUT2D eigenvalue weighted by atomic mass is 9.81. The lowest BCUT2D eigenvalue weighted by Gasteiger charge is -2.29. The van der Waals surface area contributed by atoms with Crippen molar-refractivity contribution in [1.82, 2.24) is 0 Å². The Morgan fingerprint density at radius 3 is 2.81 bits per heavy atom. The molecule has 1 nitrogen and oxygen atoms in total. The average Bonchev–Trinajstić information content (AvgIpc) is 2.18. The Labute approximate surface area is 103 Å². The van der Waals surface area contributed by atoms with Gasteiger partial charge in [-0.15, -0.1) is 0 Å². The molecule has 0 bridgehead atoms. The molecule has 88 valence electrons. The molecule has 1 saturated carbocycles. The van der Waals surface area contributed by atoms with Crippen LogP contribution in [0.2, 0.25) is 5.02 Å². The zero-order valence-corrected chi connectivity index (χ0v) is 10.8. The van der Waals surface area contributed by atoms with Crippen LogP contribution < -0.4 is 5.32 Å². The molecule has 0 aliphatic heterocycles. The summed E-state index contributed by atoms with van der Waals surface area (Å²) < 4.78 is 0. The molecule has 0 spiro atoms. The van der Waals surface area contributed by atoms with Crippen molar-refractivity contribution in [3.8, 4) is 0 Å². The lowest BCUT2D eigenvalue weighted by Crippen LogP contribution is -2.23. The number of aryl methyl sites for hydroxylation is 1. The van der Waals surface area contributed by atoms with Gasteiger partial charge < -0.3 is 5.32 Å². The van der Waals surface area contributed by atoms with Crippen LogP contribution in [-0.4, -0.2) is 6.04 Å². The highest BCUT2D eigenvalue weighted by molar-refractivity contribution is 6.33. The SMILES string of the molecule is Cc1ccc(Cl)c(NC(C)CC2CCC2)c1. The van der Waals surface area contributed by atoms with E-state index in [1.165, 1.54) is 31.2 Å². The van der Waals surface area contributed by atoms with Crippen molar-refractivity contribution in [2.75, 3.05) is 5.32 Å². The van der Waals surface area contributed by atoms with Crippen LogP contribution in [-0.2, 0) is 0 Å². The predicted octanol–water partition coefficient (Wildman–Crippen LogP) is 4.64. The summed E-state index contributed by atoms with van der Waals surface area (Å²) in [4.78, 5) is 0. The molecule has 0 radical (unpaired) electrons. The second-order valence-electron chi connectivity index (χ2n) is 5.06. The predicted molar refractivity (Wildman–Crippen MR) is 71.2 cm³/mol. The number of anilines is 1. The molecule has 1 N–H and O–H groups in total. The summed E-state index contributed by atoms with van der Waals surface area (Å²) in [5.41, 5.74) is 2.33. The molecule has 16 heavy (non-hydrogen) atoms. The van der Waals surface area contributed by atoms with Gasteiger partial charge in [0.2, 0.25) is 0 Å². The van der Waals surface area contributed by atoms with E-state index in [1.807, 2.05) is 12.1 Å². The molecule has 1 atom stereocenters. The quantitative estimate of drug-likeness (QED) is 0.805. The zero-order chi connectivity index (χ0) is 11.5. The second-order valence-corrected chi connectivity index (χ2v) is 5.47. The summed E-state index contributed by atoms with van der Waals surface area (Å²) in [6.07, 6.45) is 5.51. The fourth-order valence-electron chi connectivity index (χ4n) is 2.30. The largest absolute Gasteiger partial charge is 0.381 e. The van der Waals surface area contributed by atoms with Crippen LogP contribution in [0, 0.1) is 12.8 Å². The standard InChI is InChI=1S/C14H20ClN/c1-10-6-7-13(15)14(8-10)16-11(2)9-12-4-3-5-12/h6-8,11-12,16H,3-5,9H2,1-2H3. The Balaban J connectivity index is 1.93. The smallest absolute Gasteiger partial charge is 0.0637 e. The van der Waals surface area contributed by atoms with Gasteiger partial charge in [-0.25, -0.2) is 0 Å². The molecule has 1 aromatic rings. The van der Waals surface area contributed by atoms with Gasteiger partial charge >= 0.3 is 0 Å². The molecule has 2 rings (SSSR count). The van der Waals surface area contributed by atoms with Crippen molar-refractivity contribution < 1.29 is 0 Å². The van der Waals surface area contributed by atoms with E-state index < -0.39 is 0 Å². The Hall–Kier alpha value is -0.690. The van der Waals surface area contributed by atoms with Crippen LogP contribution in [0.25, 0.3) is 0 Å². The summed E-state index contributed by atoms with van der Waals surface area (Å²) in [6, 6.07) is 6.66. The van der Waals surface area contributed by atoms with Crippen LogP contribution in [0.15, 0.2) is 18.2 Å². The number of hydrogen-bond acceptors (Lipinski definition) is 1. The minimum atomic E-state index is 0.518. The first-order chi connectivity index (χ1) is 7.65. The van der Waals surface area contributed by atoms with E-state index in [1.54, 1.807) is 0 Å². The fraction of sp³-hybridized carbons (Fsp3) is 0.571. The van der Waals surface area contributed by atoms with E-state index in [0.717, 1.165) is 16.6 Å². The highest BCUT2D eigenvalue weighted by Gasteiger charge is 2.20. The van der Waals surface area contributed by atoms with Crippen molar-refractivity contribution in [3.63, 3.8) is 0 Å². The Morgan fingerprint density at radius 2 is 2.19 bits per heavy atom. The average molecular weight is 238 g/mol. The van der Waals surface area contributed by atoms with Crippen molar-refractivity contribution >= 4 is 17.3 Å². The van der Waals surface area contributed by atoms with E-state index in [4.69, 9.17) is 11.6 Å². The van der Waals surface area contributed by atoms with Crippen molar-refractivity contribution in [3.05, 3.63) is 28.8 Å². The molecule has 1 aromatic carbocycles. The van der Waals surface area contributed by atoms with Gasteiger partial charge in [-0.05, 0) is 43.9 Å². The normalized spacial score (nSPS) is 17.9.